The lowest BCUT2D eigenvalue weighted by Gasteiger charge is -2.42. The molecule has 1 saturated heterocycles. The molecule has 3 aliphatic rings. The van der Waals surface area contributed by atoms with Gasteiger partial charge >= 0.3 is 6.03 Å². The Morgan fingerprint density at radius 3 is 2.60 bits per heavy atom. The van der Waals surface area contributed by atoms with Crippen molar-refractivity contribution in [3.8, 4) is 0 Å². The molecule has 6 nitrogen and oxygen atoms in total. The molecular formula is C29H38N4O2. The minimum absolute atomic E-state index is 0.0612. The van der Waals surface area contributed by atoms with Crippen LogP contribution in [0.4, 0.5) is 10.5 Å². The molecule has 0 radical (unpaired) electrons. The Bertz CT molecular complexity index is 1030. The third-order valence-electron chi connectivity index (χ3n) is 8.12. The van der Waals surface area contributed by atoms with Crippen LogP contribution in [-0.4, -0.2) is 36.0 Å². The Morgan fingerprint density at radius 2 is 1.77 bits per heavy atom. The first-order valence-electron chi connectivity index (χ1n) is 13.4. The molecule has 35 heavy (non-hydrogen) atoms. The second kappa shape index (κ2) is 10.7. The summed E-state index contributed by atoms with van der Waals surface area (Å²) in [7, 11) is 0. The quantitative estimate of drug-likeness (QED) is 0.491. The van der Waals surface area contributed by atoms with Gasteiger partial charge in [-0.2, -0.15) is 0 Å². The van der Waals surface area contributed by atoms with Crippen LogP contribution in [0.15, 0.2) is 54.6 Å². The zero-order valence-corrected chi connectivity index (χ0v) is 20.7. The van der Waals surface area contributed by atoms with Gasteiger partial charge in [-0.1, -0.05) is 74.7 Å². The van der Waals surface area contributed by atoms with Gasteiger partial charge in [-0.15, -0.1) is 0 Å². The SMILES string of the molecule is CCCCNC(=O)N[C@@H]1CCCC[C@@H]1C(=O)N1CC[C@@H]2[C@H](c3ccccc3)Nc3ccccc3[C@@H]21. The van der Waals surface area contributed by atoms with E-state index in [1.165, 1.54) is 11.1 Å². The van der Waals surface area contributed by atoms with Gasteiger partial charge in [0.15, 0.2) is 0 Å². The van der Waals surface area contributed by atoms with Gasteiger partial charge in [0.25, 0.3) is 0 Å². The van der Waals surface area contributed by atoms with Gasteiger partial charge in [0.2, 0.25) is 5.91 Å². The third-order valence-corrected chi connectivity index (χ3v) is 8.12. The van der Waals surface area contributed by atoms with E-state index >= 15 is 0 Å². The van der Waals surface area contributed by atoms with E-state index in [4.69, 9.17) is 0 Å². The number of hydrogen-bond acceptors (Lipinski definition) is 3. The van der Waals surface area contributed by atoms with Crippen LogP contribution in [0.2, 0.25) is 0 Å². The van der Waals surface area contributed by atoms with Crippen LogP contribution >= 0.6 is 0 Å². The van der Waals surface area contributed by atoms with Crippen molar-refractivity contribution in [3.05, 3.63) is 65.7 Å². The standard InChI is InChI=1S/C29H38N4O2/c1-2-3-18-30-29(35)32-25-16-10-8-14-22(25)28(34)33-19-17-23-26(20-11-5-4-6-12-20)31-24-15-9-7-13-21(24)27(23)33/h4-7,9,11-13,15,22-23,25-27,31H,2-3,8,10,14,16-19H2,1H3,(H2,30,32,35)/t22-,23+,25+,26-,27-/m0/s1. The average Bonchev–Trinajstić information content (AvgIpc) is 3.34. The molecule has 0 unspecified atom stereocenters. The molecule has 1 saturated carbocycles. The predicted octanol–water partition coefficient (Wildman–Crippen LogP) is 5.40. The fraction of sp³-hybridized carbons (Fsp3) is 0.517. The van der Waals surface area contributed by atoms with Crippen molar-refractivity contribution in [2.24, 2.45) is 11.8 Å². The minimum atomic E-state index is -0.156. The molecule has 0 aromatic heterocycles. The average molecular weight is 475 g/mol. The number of fused-ring (bicyclic) bond motifs is 3. The Morgan fingerprint density at radius 1 is 1.00 bits per heavy atom. The van der Waals surface area contributed by atoms with Gasteiger partial charge in [0, 0.05) is 30.7 Å². The largest absolute Gasteiger partial charge is 0.378 e. The highest BCUT2D eigenvalue weighted by Crippen LogP contribution is 2.51. The van der Waals surface area contributed by atoms with Gasteiger partial charge in [-0.25, -0.2) is 4.79 Å². The molecule has 5 atom stereocenters. The number of nitrogens with zero attached hydrogens (tertiary/aromatic N) is 1. The van der Waals surface area contributed by atoms with Crippen molar-refractivity contribution in [3.63, 3.8) is 0 Å². The molecular weight excluding hydrogens is 436 g/mol. The van der Waals surface area contributed by atoms with Gasteiger partial charge in [0.05, 0.1) is 18.0 Å². The van der Waals surface area contributed by atoms with E-state index < -0.39 is 0 Å². The summed E-state index contributed by atoms with van der Waals surface area (Å²) < 4.78 is 0. The van der Waals surface area contributed by atoms with Crippen molar-refractivity contribution in [2.45, 2.75) is 70.0 Å². The van der Waals surface area contributed by atoms with Gasteiger partial charge in [0.1, 0.15) is 0 Å². The number of anilines is 1. The van der Waals surface area contributed by atoms with Crippen LogP contribution < -0.4 is 16.0 Å². The smallest absolute Gasteiger partial charge is 0.315 e. The van der Waals surface area contributed by atoms with Crippen molar-refractivity contribution in [2.75, 3.05) is 18.4 Å². The number of rotatable bonds is 6. The molecule has 0 bridgehead atoms. The van der Waals surface area contributed by atoms with Crippen LogP contribution in [-0.2, 0) is 4.79 Å². The zero-order valence-electron chi connectivity index (χ0n) is 20.7. The number of carbonyl (C=O) groups excluding carboxylic acids is 2. The minimum Gasteiger partial charge on any atom is -0.378 e. The molecule has 3 amide bonds. The topological polar surface area (TPSA) is 73.5 Å². The van der Waals surface area contributed by atoms with Crippen molar-refractivity contribution in [1.29, 1.82) is 0 Å². The number of unbranched alkanes of at least 4 members (excludes halogenated alkanes) is 1. The predicted molar refractivity (Wildman–Crippen MR) is 139 cm³/mol. The van der Waals surface area contributed by atoms with E-state index in [0.29, 0.717) is 12.5 Å². The number of para-hydroxylation sites is 1. The van der Waals surface area contributed by atoms with Crippen molar-refractivity contribution < 1.29 is 9.59 Å². The van der Waals surface area contributed by atoms with Crippen LogP contribution in [0.1, 0.15) is 75.1 Å². The lowest BCUT2D eigenvalue weighted by Crippen LogP contribution is -2.52. The van der Waals surface area contributed by atoms with E-state index in [1.807, 2.05) is 0 Å². The van der Waals surface area contributed by atoms with Crippen LogP contribution in [0.25, 0.3) is 0 Å². The summed E-state index contributed by atoms with van der Waals surface area (Å²) in [5.74, 6) is 0.375. The highest BCUT2D eigenvalue weighted by atomic mass is 16.2. The first-order valence-corrected chi connectivity index (χ1v) is 13.4. The monoisotopic (exact) mass is 474 g/mol. The summed E-state index contributed by atoms with van der Waals surface area (Å²) >= 11 is 0. The summed E-state index contributed by atoms with van der Waals surface area (Å²) in [5, 5.41) is 9.89. The van der Waals surface area contributed by atoms with E-state index in [0.717, 1.165) is 57.2 Å². The highest BCUT2D eigenvalue weighted by molar-refractivity contribution is 5.82. The molecule has 2 heterocycles. The highest BCUT2D eigenvalue weighted by Gasteiger charge is 2.48. The van der Waals surface area contributed by atoms with Gasteiger partial charge in [-0.05, 0) is 42.9 Å². The maximum absolute atomic E-state index is 14.1. The van der Waals surface area contributed by atoms with E-state index in [9.17, 15) is 9.59 Å². The van der Waals surface area contributed by atoms with E-state index in [1.54, 1.807) is 0 Å². The molecule has 186 valence electrons. The third kappa shape index (κ3) is 4.89. The molecule has 2 aliphatic heterocycles. The number of benzene rings is 2. The van der Waals surface area contributed by atoms with Crippen LogP contribution in [0, 0.1) is 11.8 Å². The summed E-state index contributed by atoms with van der Waals surface area (Å²) in [5.41, 5.74) is 3.61. The lowest BCUT2D eigenvalue weighted by atomic mass is 9.79. The maximum atomic E-state index is 14.1. The first kappa shape index (κ1) is 23.7. The summed E-state index contributed by atoms with van der Waals surface area (Å²) in [6, 6.07) is 19.1. The van der Waals surface area contributed by atoms with E-state index in [-0.39, 0.29) is 36.0 Å². The maximum Gasteiger partial charge on any atom is 0.315 e. The number of likely N-dealkylation sites (tertiary alicyclic amines) is 1. The molecule has 2 fully saturated rings. The fourth-order valence-corrected chi connectivity index (χ4v) is 6.37. The first-order chi connectivity index (χ1) is 17.2. The molecule has 6 heteroatoms. The summed E-state index contributed by atoms with van der Waals surface area (Å²) in [6.45, 7) is 3.55. The Balaban J connectivity index is 1.38. The van der Waals surface area contributed by atoms with Crippen LogP contribution in [0.3, 0.4) is 0 Å². The van der Waals surface area contributed by atoms with Gasteiger partial charge in [-0.3, -0.25) is 4.79 Å². The second-order valence-corrected chi connectivity index (χ2v) is 10.3. The Kier molecular flexibility index (Phi) is 7.26. The molecule has 1 aliphatic carbocycles. The van der Waals surface area contributed by atoms with Gasteiger partial charge < -0.3 is 20.9 Å². The number of amides is 3. The normalized spacial score (nSPS) is 27.3. The molecule has 5 rings (SSSR count). The summed E-state index contributed by atoms with van der Waals surface area (Å²) in [4.78, 5) is 28.7. The Labute approximate surface area is 208 Å². The second-order valence-electron chi connectivity index (χ2n) is 10.3. The molecule has 2 aromatic rings. The lowest BCUT2D eigenvalue weighted by molar-refractivity contribution is -0.138. The number of nitrogens with one attached hydrogen (secondary N) is 3. The van der Waals surface area contributed by atoms with E-state index in [2.05, 4.69) is 82.4 Å². The number of urea groups is 1. The van der Waals surface area contributed by atoms with Crippen molar-refractivity contribution >= 4 is 17.6 Å². The number of hydrogen-bond donors (Lipinski definition) is 3. The van der Waals surface area contributed by atoms with Crippen molar-refractivity contribution in [1.82, 2.24) is 15.5 Å². The fourth-order valence-electron chi connectivity index (χ4n) is 6.37. The van der Waals surface area contributed by atoms with Crippen LogP contribution in [0.5, 0.6) is 0 Å². The molecule has 3 N–H and O–H groups in total. The molecule has 0 spiro atoms. The zero-order chi connectivity index (χ0) is 24.2. The molecule has 2 aromatic carbocycles. The number of carbonyl (C=O) groups is 2. The Hall–Kier alpha value is -3.02. The summed E-state index contributed by atoms with van der Waals surface area (Å²) in [6.07, 6.45) is 6.78.